The maximum absolute atomic E-state index is 12.2. The summed E-state index contributed by atoms with van der Waals surface area (Å²) < 4.78 is 4.96. The summed E-state index contributed by atoms with van der Waals surface area (Å²) >= 11 is 1.41. The Morgan fingerprint density at radius 2 is 2.20 bits per heavy atom. The summed E-state index contributed by atoms with van der Waals surface area (Å²) in [5.74, 6) is 0.0614. The highest BCUT2D eigenvalue weighted by molar-refractivity contribution is 8.04. The molecule has 1 aromatic rings. The number of anilines is 1. The SMILES string of the molecule is CCOC(=O)/C=C1\SCC(=O)N1CCN1CCCc2cc(C)ccc21. The van der Waals surface area contributed by atoms with Gasteiger partial charge in [-0.15, -0.1) is 0 Å². The summed E-state index contributed by atoms with van der Waals surface area (Å²) in [4.78, 5) is 27.9. The molecule has 0 radical (unpaired) electrons. The molecular formula is C19H24N2O3S. The van der Waals surface area contributed by atoms with Gasteiger partial charge in [-0.25, -0.2) is 4.79 Å². The van der Waals surface area contributed by atoms with Crippen molar-refractivity contribution in [2.75, 3.05) is 36.9 Å². The molecule has 0 aliphatic carbocycles. The molecule has 1 amide bonds. The van der Waals surface area contributed by atoms with E-state index < -0.39 is 0 Å². The normalized spacial score (nSPS) is 18.6. The third-order valence-electron chi connectivity index (χ3n) is 4.48. The molecular weight excluding hydrogens is 336 g/mol. The van der Waals surface area contributed by atoms with Crippen molar-refractivity contribution in [2.24, 2.45) is 0 Å². The molecule has 134 valence electrons. The number of ether oxygens (including phenoxy) is 1. The fourth-order valence-corrected chi connectivity index (χ4v) is 4.27. The van der Waals surface area contributed by atoms with E-state index >= 15 is 0 Å². The van der Waals surface area contributed by atoms with Crippen molar-refractivity contribution >= 4 is 29.3 Å². The third kappa shape index (κ3) is 4.18. The molecule has 2 heterocycles. The van der Waals surface area contributed by atoms with Crippen LogP contribution in [0.15, 0.2) is 29.3 Å². The molecule has 0 spiro atoms. The summed E-state index contributed by atoms with van der Waals surface area (Å²) in [5, 5.41) is 0.699. The second kappa shape index (κ2) is 7.95. The van der Waals surface area contributed by atoms with Gasteiger partial charge in [0, 0.05) is 25.3 Å². The van der Waals surface area contributed by atoms with Gasteiger partial charge in [-0.1, -0.05) is 29.5 Å². The Labute approximate surface area is 153 Å². The Morgan fingerprint density at radius 1 is 1.36 bits per heavy atom. The van der Waals surface area contributed by atoms with Gasteiger partial charge < -0.3 is 14.5 Å². The van der Waals surface area contributed by atoms with Crippen molar-refractivity contribution < 1.29 is 14.3 Å². The number of thioether (sulfide) groups is 1. The zero-order chi connectivity index (χ0) is 17.8. The van der Waals surface area contributed by atoms with Gasteiger partial charge >= 0.3 is 5.97 Å². The van der Waals surface area contributed by atoms with E-state index in [2.05, 4.69) is 30.0 Å². The fraction of sp³-hybridized carbons (Fsp3) is 0.474. The maximum Gasteiger partial charge on any atom is 0.333 e. The van der Waals surface area contributed by atoms with Crippen LogP contribution in [0.4, 0.5) is 5.69 Å². The second-order valence-electron chi connectivity index (χ2n) is 6.29. The molecule has 1 saturated heterocycles. The van der Waals surface area contributed by atoms with Gasteiger partial charge in [-0.05, 0) is 38.3 Å². The van der Waals surface area contributed by atoms with Crippen LogP contribution in [-0.4, -0.2) is 48.8 Å². The predicted octanol–water partition coefficient (Wildman–Crippen LogP) is 2.73. The Kier molecular flexibility index (Phi) is 5.68. The number of rotatable bonds is 5. The number of nitrogens with zero attached hydrogens (tertiary/aromatic N) is 2. The molecule has 0 bridgehead atoms. The van der Waals surface area contributed by atoms with Crippen molar-refractivity contribution in [3.63, 3.8) is 0 Å². The first-order valence-electron chi connectivity index (χ1n) is 8.74. The zero-order valence-electron chi connectivity index (χ0n) is 14.8. The molecule has 2 aliphatic heterocycles. The van der Waals surface area contributed by atoms with Gasteiger partial charge in [0.05, 0.1) is 23.5 Å². The minimum atomic E-state index is -0.386. The molecule has 0 aromatic heterocycles. The van der Waals surface area contributed by atoms with E-state index in [9.17, 15) is 9.59 Å². The Bertz CT molecular complexity index is 702. The molecule has 25 heavy (non-hydrogen) atoms. The Morgan fingerprint density at radius 3 is 3.00 bits per heavy atom. The number of hydrogen-bond acceptors (Lipinski definition) is 5. The van der Waals surface area contributed by atoms with Crippen LogP contribution in [0, 0.1) is 6.92 Å². The van der Waals surface area contributed by atoms with E-state index in [1.165, 1.54) is 34.7 Å². The standard InChI is InChI=1S/C19H24N2O3S/c1-3-24-19(23)12-18-21(17(22)13-25-18)10-9-20-8-4-5-15-11-14(2)6-7-16(15)20/h6-7,11-12H,3-5,8-10,13H2,1-2H3/b18-12-. The number of carbonyl (C=O) groups excluding carboxylic acids is 2. The summed E-state index contributed by atoms with van der Waals surface area (Å²) in [6.45, 7) is 6.59. The molecule has 2 aliphatic rings. The maximum atomic E-state index is 12.2. The van der Waals surface area contributed by atoms with Crippen molar-refractivity contribution in [1.82, 2.24) is 4.90 Å². The minimum absolute atomic E-state index is 0.0571. The average molecular weight is 360 g/mol. The highest BCUT2D eigenvalue weighted by atomic mass is 32.2. The number of amides is 1. The molecule has 0 unspecified atom stereocenters. The van der Waals surface area contributed by atoms with E-state index in [4.69, 9.17) is 4.74 Å². The first kappa shape index (κ1) is 17.9. The first-order chi connectivity index (χ1) is 12.1. The minimum Gasteiger partial charge on any atom is -0.463 e. The average Bonchev–Trinajstić information content (AvgIpc) is 2.92. The summed E-state index contributed by atoms with van der Waals surface area (Å²) in [6.07, 6.45) is 3.68. The van der Waals surface area contributed by atoms with E-state index in [0.717, 1.165) is 25.9 Å². The molecule has 1 fully saturated rings. The van der Waals surface area contributed by atoms with Crippen LogP contribution < -0.4 is 4.90 Å². The monoisotopic (exact) mass is 360 g/mol. The highest BCUT2D eigenvalue weighted by Gasteiger charge is 2.28. The molecule has 0 N–H and O–H groups in total. The predicted molar refractivity (Wildman–Crippen MR) is 101 cm³/mol. The lowest BCUT2D eigenvalue weighted by atomic mass is 9.99. The van der Waals surface area contributed by atoms with Gasteiger partial charge in [0.15, 0.2) is 0 Å². The second-order valence-corrected chi connectivity index (χ2v) is 7.29. The fourth-order valence-electron chi connectivity index (χ4n) is 3.31. The quantitative estimate of drug-likeness (QED) is 0.597. The summed E-state index contributed by atoms with van der Waals surface area (Å²) in [5.41, 5.74) is 3.94. The number of esters is 1. The lowest BCUT2D eigenvalue weighted by Gasteiger charge is -2.33. The number of fused-ring (bicyclic) bond motifs is 1. The van der Waals surface area contributed by atoms with Crippen LogP contribution in [-0.2, 0) is 20.7 Å². The highest BCUT2D eigenvalue weighted by Crippen LogP contribution is 2.31. The first-order valence-corrected chi connectivity index (χ1v) is 9.73. The van der Waals surface area contributed by atoms with Crippen LogP contribution >= 0.6 is 11.8 Å². The van der Waals surface area contributed by atoms with Crippen LogP contribution in [0.3, 0.4) is 0 Å². The van der Waals surface area contributed by atoms with Gasteiger partial charge in [-0.3, -0.25) is 4.79 Å². The summed E-state index contributed by atoms with van der Waals surface area (Å²) in [7, 11) is 0. The topological polar surface area (TPSA) is 49.9 Å². The van der Waals surface area contributed by atoms with Crippen molar-refractivity contribution in [3.8, 4) is 0 Å². The zero-order valence-corrected chi connectivity index (χ0v) is 15.6. The molecule has 5 nitrogen and oxygen atoms in total. The van der Waals surface area contributed by atoms with E-state index in [1.807, 2.05) is 0 Å². The molecule has 0 atom stereocenters. The van der Waals surface area contributed by atoms with Crippen LogP contribution in [0.2, 0.25) is 0 Å². The molecule has 0 saturated carbocycles. The van der Waals surface area contributed by atoms with Gasteiger partial charge in [0.25, 0.3) is 0 Å². The Balaban J connectivity index is 1.68. The summed E-state index contributed by atoms with van der Waals surface area (Å²) in [6, 6.07) is 6.57. The van der Waals surface area contributed by atoms with Gasteiger partial charge in [0.2, 0.25) is 5.91 Å². The van der Waals surface area contributed by atoms with Crippen LogP contribution in [0.25, 0.3) is 0 Å². The van der Waals surface area contributed by atoms with E-state index in [-0.39, 0.29) is 11.9 Å². The number of benzene rings is 1. The van der Waals surface area contributed by atoms with Gasteiger partial charge in [-0.2, -0.15) is 0 Å². The van der Waals surface area contributed by atoms with E-state index in [1.54, 1.807) is 11.8 Å². The van der Waals surface area contributed by atoms with E-state index in [0.29, 0.717) is 23.9 Å². The van der Waals surface area contributed by atoms with Crippen molar-refractivity contribution in [2.45, 2.75) is 26.7 Å². The van der Waals surface area contributed by atoms with Gasteiger partial charge in [0.1, 0.15) is 0 Å². The smallest absolute Gasteiger partial charge is 0.333 e. The third-order valence-corrected chi connectivity index (χ3v) is 5.51. The largest absolute Gasteiger partial charge is 0.463 e. The molecule has 3 rings (SSSR count). The van der Waals surface area contributed by atoms with Crippen molar-refractivity contribution in [1.29, 1.82) is 0 Å². The Hall–Kier alpha value is -1.95. The number of hydrogen-bond donors (Lipinski definition) is 0. The number of carbonyl (C=O) groups is 2. The van der Waals surface area contributed by atoms with Crippen LogP contribution in [0.1, 0.15) is 24.5 Å². The lowest BCUT2D eigenvalue weighted by molar-refractivity contribution is -0.137. The van der Waals surface area contributed by atoms with Crippen molar-refractivity contribution in [3.05, 3.63) is 40.4 Å². The number of aryl methyl sites for hydroxylation is 2. The molecule has 6 heteroatoms. The van der Waals surface area contributed by atoms with Crippen LogP contribution in [0.5, 0.6) is 0 Å². The lowest BCUT2D eigenvalue weighted by Crippen LogP contribution is -2.38. The molecule has 1 aromatic carbocycles.